The van der Waals surface area contributed by atoms with Gasteiger partial charge in [0.25, 0.3) is 0 Å². The van der Waals surface area contributed by atoms with Crippen molar-refractivity contribution in [3.05, 3.63) is 35.0 Å². The number of fused-ring (bicyclic) bond motifs is 1. The Morgan fingerprint density at radius 3 is 2.62 bits per heavy atom. The number of carbonyl (C=O) groups is 2. The third-order valence-electron chi connectivity index (χ3n) is 5.55. The largest absolute Gasteiger partial charge is 0.444 e. The number of unbranched alkanes of at least 4 members (excludes halogenated alkanes) is 1. The quantitative estimate of drug-likeness (QED) is 0.431. The molecule has 0 aliphatic carbocycles. The van der Waals surface area contributed by atoms with E-state index in [0.29, 0.717) is 16.5 Å². The second-order valence-corrected chi connectivity index (χ2v) is 9.34. The zero-order chi connectivity index (χ0) is 21.0. The SMILES string of the molecule is CC(C)(C)OC(=O)N1CCC(CCCCn2cc(Cl)c3c(C=O)cccc32)CC1. The lowest BCUT2D eigenvalue weighted by Crippen LogP contribution is -2.41. The first kappa shape index (κ1) is 21.7. The van der Waals surface area contributed by atoms with Crippen molar-refractivity contribution in [2.75, 3.05) is 13.1 Å². The Hall–Kier alpha value is -2.01. The topological polar surface area (TPSA) is 51.5 Å². The Labute approximate surface area is 178 Å². The van der Waals surface area contributed by atoms with Gasteiger partial charge in [0.15, 0.2) is 6.29 Å². The van der Waals surface area contributed by atoms with Crippen molar-refractivity contribution in [2.24, 2.45) is 5.92 Å². The number of hydrogen-bond donors (Lipinski definition) is 0. The van der Waals surface area contributed by atoms with Crippen molar-refractivity contribution in [3.63, 3.8) is 0 Å². The molecule has 1 amide bonds. The fourth-order valence-corrected chi connectivity index (χ4v) is 4.38. The van der Waals surface area contributed by atoms with Crippen LogP contribution in [0.4, 0.5) is 4.79 Å². The summed E-state index contributed by atoms with van der Waals surface area (Å²) >= 11 is 6.35. The third kappa shape index (κ3) is 5.53. The van der Waals surface area contributed by atoms with Crippen molar-refractivity contribution in [1.29, 1.82) is 0 Å². The first-order valence-corrected chi connectivity index (χ1v) is 10.9. The number of hydrogen-bond acceptors (Lipinski definition) is 3. The summed E-state index contributed by atoms with van der Waals surface area (Å²) < 4.78 is 7.61. The lowest BCUT2D eigenvalue weighted by Gasteiger charge is -2.33. The minimum Gasteiger partial charge on any atom is -0.444 e. The first-order chi connectivity index (χ1) is 13.8. The molecule has 2 aromatic rings. The van der Waals surface area contributed by atoms with Crippen LogP contribution in [0.2, 0.25) is 5.02 Å². The summed E-state index contributed by atoms with van der Waals surface area (Å²) in [5.74, 6) is 0.667. The monoisotopic (exact) mass is 418 g/mol. The Balaban J connectivity index is 1.44. The van der Waals surface area contributed by atoms with Crippen LogP contribution < -0.4 is 0 Å². The number of rotatable bonds is 6. The van der Waals surface area contributed by atoms with Gasteiger partial charge in [-0.15, -0.1) is 0 Å². The van der Waals surface area contributed by atoms with Crippen LogP contribution in [0.15, 0.2) is 24.4 Å². The van der Waals surface area contributed by atoms with Gasteiger partial charge in [-0.1, -0.05) is 36.6 Å². The summed E-state index contributed by atoms with van der Waals surface area (Å²) in [6.07, 6.45) is 8.07. The molecule has 6 heteroatoms. The molecule has 1 aliphatic heterocycles. The number of amides is 1. The summed E-state index contributed by atoms with van der Waals surface area (Å²) in [6, 6.07) is 5.72. The Morgan fingerprint density at radius 2 is 1.97 bits per heavy atom. The van der Waals surface area contributed by atoms with Crippen molar-refractivity contribution in [1.82, 2.24) is 9.47 Å². The maximum atomic E-state index is 12.2. The zero-order valence-corrected chi connectivity index (χ0v) is 18.4. The number of aryl methyl sites for hydroxylation is 1. The van der Waals surface area contributed by atoms with Crippen LogP contribution in [0, 0.1) is 5.92 Å². The van der Waals surface area contributed by atoms with Crippen molar-refractivity contribution in [2.45, 2.75) is 65.0 Å². The van der Waals surface area contributed by atoms with Crippen LogP contribution in [0.1, 0.15) is 63.2 Å². The van der Waals surface area contributed by atoms with Gasteiger partial charge in [-0.25, -0.2) is 4.79 Å². The highest BCUT2D eigenvalue weighted by Gasteiger charge is 2.26. The highest BCUT2D eigenvalue weighted by atomic mass is 35.5. The molecule has 0 spiro atoms. The van der Waals surface area contributed by atoms with Gasteiger partial charge in [-0.3, -0.25) is 4.79 Å². The van der Waals surface area contributed by atoms with Crippen molar-refractivity contribution < 1.29 is 14.3 Å². The van der Waals surface area contributed by atoms with Crippen LogP contribution in [-0.4, -0.2) is 40.5 Å². The summed E-state index contributed by atoms with van der Waals surface area (Å²) in [4.78, 5) is 25.2. The maximum Gasteiger partial charge on any atom is 0.410 e. The molecule has 1 fully saturated rings. The van der Waals surface area contributed by atoms with E-state index in [1.165, 1.54) is 6.42 Å². The summed E-state index contributed by atoms with van der Waals surface area (Å²) in [5.41, 5.74) is 1.22. The molecular weight excluding hydrogens is 388 g/mol. The Kier molecular flexibility index (Phi) is 6.89. The second-order valence-electron chi connectivity index (χ2n) is 8.94. The number of benzene rings is 1. The fourth-order valence-electron chi connectivity index (χ4n) is 4.06. The van der Waals surface area contributed by atoms with E-state index in [4.69, 9.17) is 16.3 Å². The van der Waals surface area contributed by atoms with Crippen LogP contribution >= 0.6 is 11.6 Å². The number of halogens is 1. The summed E-state index contributed by atoms with van der Waals surface area (Å²) in [5, 5.41) is 1.48. The van der Waals surface area contributed by atoms with E-state index in [2.05, 4.69) is 4.57 Å². The Morgan fingerprint density at radius 1 is 1.24 bits per heavy atom. The standard InChI is InChI=1S/C23H31ClN2O3/c1-23(2,3)29-22(28)25-13-10-17(11-14-25)7-4-5-12-26-15-19(24)21-18(16-27)8-6-9-20(21)26/h6,8-9,15-17H,4-5,7,10-14H2,1-3H3. The molecule has 1 saturated heterocycles. The minimum absolute atomic E-state index is 0.193. The van der Waals surface area contributed by atoms with Crippen molar-refractivity contribution >= 4 is 34.9 Å². The van der Waals surface area contributed by atoms with Gasteiger partial charge in [-0.2, -0.15) is 0 Å². The molecule has 0 unspecified atom stereocenters. The molecule has 158 valence electrons. The molecule has 0 N–H and O–H groups in total. The van der Waals surface area contributed by atoms with E-state index in [-0.39, 0.29) is 6.09 Å². The molecule has 0 saturated carbocycles. The smallest absolute Gasteiger partial charge is 0.410 e. The predicted molar refractivity (Wildman–Crippen MR) is 117 cm³/mol. The third-order valence-corrected chi connectivity index (χ3v) is 5.83. The molecule has 0 radical (unpaired) electrons. The highest BCUT2D eigenvalue weighted by Crippen LogP contribution is 2.29. The molecule has 2 heterocycles. The molecule has 0 atom stereocenters. The highest BCUT2D eigenvalue weighted by molar-refractivity contribution is 6.36. The maximum absolute atomic E-state index is 12.2. The first-order valence-electron chi connectivity index (χ1n) is 10.5. The van der Waals surface area contributed by atoms with Gasteiger partial charge in [-0.05, 0) is 52.0 Å². The molecule has 1 aliphatic rings. The number of piperidine rings is 1. The number of aromatic nitrogens is 1. The van der Waals surface area contributed by atoms with Crippen molar-refractivity contribution in [3.8, 4) is 0 Å². The molecular formula is C23H31ClN2O3. The van der Waals surface area contributed by atoms with Gasteiger partial charge >= 0.3 is 6.09 Å². The van der Waals surface area contributed by atoms with Crippen LogP contribution in [0.25, 0.3) is 10.9 Å². The number of likely N-dealkylation sites (tertiary alicyclic amines) is 1. The van der Waals surface area contributed by atoms with Gasteiger partial charge in [0.2, 0.25) is 0 Å². The lowest BCUT2D eigenvalue weighted by atomic mass is 9.92. The van der Waals surface area contributed by atoms with E-state index >= 15 is 0 Å². The minimum atomic E-state index is -0.439. The van der Waals surface area contributed by atoms with Gasteiger partial charge in [0.1, 0.15) is 5.60 Å². The number of ether oxygens (including phenoxy) is 1. The van der Waals surface area contributed by atoms with Gasteiger partial charge in [0.05, 0.1) is 10.5 Å². The average Bonchev–Trinajstić information content (AvgIpc) is 3.00. The van der Waals surface area contributed by atoms with Crippen LogP contribution in [-0.2, 0) is 11.3 Å². The number of nitrogens with zero attached hydrogens (tertiary/aromatic N) is 2. The van der Waals surface area contributed by atoms with Crippen LogP contribution in [0.5, 0.6) is 0 Å². The van der Waals surface area contributed by atoms with Gasteiger partial charge < -0.3 is 14.2 Å². The van der Waals surface area contributed by atoms with E-state index in [1.807, 2.05) is 44.0 Å². The fraction of sp³-hybridized carbons (Fsp3) is 0.565. The van der Waals surface area contributed by atoms with E-state index < -0.39 is 5.60 Å². The van der Waals surface area contributed by atoms with Gasteiger partial charge in [0, 0.05) is 36.8 Å². The number of aldehydes is 1. The molecule has 1 aromatic heterocycles. The molecule has 5 nitrogen and oxygen atoms in total. The second kappa shape index (κ2) is 9.21. The summed E-state index contributed by atoms with van der Waals surface area (Å²) in [7, 11) is 0. The van der Waals surface area contributed by atoms with E-state index in [1.54, 1.807) is 6.07 Å². The normalized spacial score (nSPS) is 15.7. The lowest BCUT2D eigenvalue weighted by molar-refractivity contribution is 0.0180. The summed E-state index contributed by atoms with van der Waals surface area (Å²) in [6.45, 7) is 8.16. The average molecular weight is 419 g/mol. The van der Waals surface area contributed by atoms with E-state index in [0.717, 1.165) is 62.5 Å². The molecule has 29 heavy (non-hydrogen) atoms. The molecule has 1 aromatic carbocycles. The van der Waals surface area contributed by atoms with E-state index in [9.17, 15) is 9.59 Å². The zero-order valence-electron chi connectivity index (χ0n) is 17.6. The molecule has 0 bridgehead atoms. The Bertz CT molecular complexity index is 861. The number of carbonyl (C=O) groups excluding carboxylic acids is 2. The predicted octanol–water partition coefficient (Wildman–Crippen LogP) is 5.92. The molecule has 3 rings (SSSR count). The van der Waals surface area contributed by atoms with Crippen LogP contribution in [0.3, 0.4) is 0 Å².